The molecule has 0 saturated heterocycles. The molecule has 0 aliphatic rings. The minimum atomic E-state index is -4.25. The molecule has 1 heterocycles. The van der Waals surface area contributed by atoms with Crippen LogP contribution in [0.25, 0.3) is 0 Å². The molecular weight excluding hydrogens is 237 g/mol. The summed E-state index contributed by atoms with van der Waals surface area (Å²) in [4.78, 5) is 14.2. The zero-order valence-electron chi connectivity index (χ0n) is 8.95. The second-order valence-corrected chi connectivity index (χ2v) is 3.60. The summed E-state index contributed by atoms with van der Waals surface area (Å²) in [5.74, 6) is -1.22. The maximum Gasteiger partial charge on any atom is 0.391 e. The molecule has 0 aliphatic heterocycles. The third-order valence-corrected chi connectivity index (χ3v) is 1.93. The average molecular weight is 248 g/mol. The Morgan fingerprint density at radius 3 is 2.76 bits per heavy atom. The fourth-order valence-corrected chi connectivity index (χ4v) is 1.32. The number of anilines is 1. The first-order chi connectivity index (χ1) is 7.78. The van der Waals surface area contributed by atoms with Crippen LogP contribution in [0.4, 0.5) is 18.9 Å². The highest BCUT2D eigenvalue weighted by molar-refractivity contribution is 5.86. The topological polar surface area (TPSA) is 62.2 Å². The van der Waals surface area contributed by atoms with Crippen molar-refractivity contribution in [3.63, 3.8) is 0 Å². The molecular formula is C10H11F3N2O2. The number of carboxylic acid groups (broad SMARTS) is 1. The maximum absolute atomic E-state index is 12.1. The van der Waals surface area contributed by atoms with Gasteiger partial charge in [0.25, 0.3) is 0 Å². The molecule has 0 saturated carbocycles. The van der Waals surface area contributed by atoms with E-state index in [1.54, 1.807) is 0 Å². The second kappa shape index (κ2) is 5.03. The number of halogens is 3. The first-order valence-corrected chi connectivity index (χ1v) is 4.80. The first-order valence-electron chi connectivity index (χ1n) is 4.80. The van der Waals surface area contributed by atoms with Crippen molar-refractivity contribution in [1.82, 2.24) is 4.98 Å². The van der Waals surface area contributed by atoms with Gasteiger partial charge in [0.05, 0.1) is 6.42 Å². The van der Waals surface area contributed by atoms with Crippen molar-refractivity contribution in [2.75, 3.05) is 5.32 Å². The summed E-state index contributed by atoms with van der Waals surface area (Å²) in [7, 11) is 0. The molecule has 1 unspecified atom stereocenters. The average Bonchev–Trinajstić information content (AvgIpc) is 2.14. The minimum absolute atomic E-state index is 0.214. The molecule has 2 N–H and O–H groups in total. The number of hydrogen-bond acceptors (Lipinski definition) is 3. The number of pyridine rings is 1. The molecule has 17 heavy (non-hydrogen) atoms. The van der Waals surface area contributed by atoms with Crippen LogP contribution in [0.5, 0.6) is 0 Å². The maximum atomic E-state index is 12.1. The lowest BCUT2D eigenvalue weighted by Crippen LogP contribution is -2.24. The van der Waals surface area contributed by atoms with Gasteiger partial charge in [-0.3, -0.25) is 0 Å². The van der Waals surface area contributed by atoms with Gasteiger partial charge in [-0.15, -0.1) is 0 Å². The van der Waals surface area contributed by atoms with Gasteiger partial charge in [-0.05, 0) is 19.1 Å². The molecule has 0 aliphatic carbocycles. The molecule has 94 valence electrons. The Labute approximate surface area is 95.5 Å². The van der Waals surface area contributed by atoms with E-state index in [1.165, 1.54) is 25.3 Å². The Kier molecular flexibility index (Phi) is 3.93. The predicted octanol–water partition coefficient (Wildman–Crippen LogP) is 2.53. The van der Waals surface area contributed by atoms with E-state index < -0.39 is 24.6 Å². The Balaban J connectivity index is 2.68. The second-order valence-electron chi connectivity index (χ2n) is 3.60. The third kappa shape index (κ3) is 4.71. The number of rotatable bonds is 4. The fourth-order valence-electron chi connectivity index (χ4n) is 1.32. The van der Waals surface area contributed by atoms with Gasteiger partial charge in [0.1, 0.15) is 5.69 Å². The summed E-state index contributed by atoms with van der Waals surface area (Å²) in [5, 5.41) is 11.2. The van der Waals surface area contributed by atoms with Crippen LogP contribution in [-0.4, -0.2) is 28.3 Å². The van der Waals surface area contributed by atoms with Crippen molar-refractivity contribution in [2.45, 2.75) is 25.6 Å². The van der Waals surface area contributed by atoms with Crippen LogP contribution in [0, 0.1) is 0 Å². The molecule has 1 atom stereocenters. The number of nitrogens with one attached hydrogen (secondary N) is 1. The van der Waals surface area contributed by atoms with Gasteiger partial charge in [0.15, 0.2) is 0 Å². The van der Waals surface area contributed by atoms with Gasteiger partial charge in [0, 0.05) is 17.9 Å². The van der Waals surface area contributed by atoms with E-state index in [-0.39, 0.29) is 5.69 Å². The quantitative estimate of drug-likeness (QED) is 0.859. The molecule has 1 aromatic heterocycles. The van der Waals surface area contributed by atoms with E-state index in [4.69, 9.17) is 5.11 Å². The Bertz CT molecular complexity index is 407. The predicted molar refractivity (Wildman–Crippen MR) is 55.0 cm³/mol. The Hall–Kier alpha value is -1.79. The Morgan fingerprint density at radius 2 is 2.24 bits per heavy atom. The molecule has 0 fully saturated rings. The smallest absolute Gasteiger partial charge is 0.391 e. The van der Waals surface area contributed by atoms with Crippen LogP contribution >= 0.6 is 0 Å². The summed E-state index contributed by atoms with van der Waals surface area (Å²) in [6.45, 7) is 1.37. The Morgan fingerprint density at radius 1 is 1.59 bits per heavy atom. The van der Waals surface area contributed by atoms with Gasteiger partial charge < -0.3 is 10.4 Å². The molecule has 0 radical (unpaired) electrons. The van der Waals surface area contributed by atoms with E-state index >= 15 is 0 Å². The highest BCUT2D eigenvalue weighted by Crippen LogP contribution is 2.23. The molecule has 7 heteroatoms. The number of aromatic carboxylic acids is 1. The van der Waals surface area contributed by atoms with Crippen LogP contribution < -0.4 is 5.32 Å². The highest BCUT2D eigenvalue weighted by Gasteiger charge is 2.29. The van der Waals surface area contributed by atoms with E-state index in [0.717, 1.165) is 0 Å². The summed E-state index contributed by atoms with van der Waals surface area (Å²) in [5.41, 5.74) is 0.0864. The van der Waals surface area contributed by atoms with E-state index in [0.29, 0.717) is 5.69 Å². The van der Waals surface area contributed by atoms with Gasteiger partial charge in [-0.2, -0.15) is 13.2 Å². The van der Waals surface area contributed by atoms with Crippen molar-refractivity contribution in [3.8, 4) is 0 Å². The normalized spacial score (nSPS) is 13.2. The summed E-state index contributed by atoms with van der Waals surface area (Å²) < 4.78 is 36.2. The molecule has 1 aromatic rings. The van der Waals surface area contributed by atoms with Crippen LogP contribution in [0.3, 0.4) is 0 Å². The number of hydrogen-bond donors (Lipinski definition) is 2. The summed E-state index contributed by atoms with van der Waals surface area (Å²) in [6, 6.07) is 1.77. The van der Waals surface area contributed by atoms with Crippen molar-refractivity contribution in [2.24, 2.45) is 0 Å². The van der Waals surface area contributed by atoms with Crippen LogP contribution in [-0.2, 0) is 0 Å². The van der Waals surface area contributed by atoms with E-state index in [1.807, 2.05) is 0 Å². The fraction of sp³-hybridized carbons (Fsp3) is 0.400. The lowest BCUT2D eigenvalue weighted by Gasteiger charge is -2.16. The summed E-state index contributed by atoms with van der Waals surface area (Å²) in [6.07, 6.45) is -4.01. The summed E-state index contributed by atoms with van der Waals surface area (Å²) >= 11 is 0. The first kappa shape index (κ1) is 13.3. The number of carbonyl (C=O) groups is 1. The van der Waals surface area contributed by atoms with Gasteiger partial charge >= 0.3 is 12.1 Å². The molecule has 0 spiro atoms. The number of carboxylic acids is 1. The van der Waals surface area contributed by atoms with Gasteiger partial charge in [-0.1, -0.05) is 0 Å². The third-order valence-electron chi connectivity index (χ3n) is 1.93. The lowest BCUT2D eigenvalue weighted by atomic mass is 10.2. The number of aromatic nitrogens is 1. The van der Waals surface area contributed by atoms with Gasteiger partial charge in [-0.25, -0.2) is 9.78 Å². The molecule has 0 aromatic carbocycles. The molecule has 0 amide bonds. The van der Waals surface area contributed by atoms with Crippen molar-refractivity contribution >= 4 is 11.7 Å². The molecule has 1 rings (SSSR count). The van der Waals surface area contributed by atoms with Crippen molar-refractivity contribution in [3.05, 3.63) is 24.0 Å². The number of nitrogens with zero attached hydrogens (tertiary/aromatic N) is 1. The van der Waals surface area contributed by atoms with E-state index in [2.05, 4.69) is 10.3 Å². The largest absolute Gasteiger partial charge is 0.477 e. The van der Waals surface area contributed by atoms with Crippen LogP contribution in [0.15, 0.2) is 18.3 Å². The SMILES string of the molecule is CC(CC(F)(F)F)Nc1ccnc(C(=O)O)c1. The van der Waals surface area contributed by atoms with Crippen molar-refractivity contribution in [1.29, 1.82) is 0 Å². The zero-order chi connectivity index (χ0) is 13.1. The molecule has 4 nitrogen and oxygen atoms in total. The zero-order valence-corrected chi connectivity index (χ0v) is 8.95. The monoisotopic (exact) mass is 248 g/mol. The highest BCUT2D eigenvalue weighted by atomic mass is 19.4. The van der Waals surface area contributed by atoms with Crippen LogP contribution in [0.2, 0.25) is 0 Å². The van der Waals surface area contributed by atoms with Crippen LogP contribution in [0.1, 0.15) is 23.8 Å². The minimum Gasteiger partial charge on any atom is -0.477 e. The molecule has 0 bridgehead atoms. The van der Waals surface area contributed by atoms with Gasteiger partial charge in [0.2, 0.25) is 0 Å². The standard InChI is InChI=1S/C10H11F3N2O2/c1-6(5-10(11,12)13)15-7-2-3-14-8(4-7)9(16)17/h2-4,6H,5H2,1H3,(H,14,15)(H,16,17). The van der Waals surface area contributed by atoms with E-state index in [9.17, 15) is 18.0 Å². The lowest BCUT2D eigenvalue weighted by molar-refractivity contribution is -0.136. The number of alkyl halides is 3. The van der Waals surface area contributed by atoms with Crippen molar-refractivity contribution < 1.29 is 23.1 Å².